The van der Waals surface area contributed by atoms with Crippen LogP contribution in [0.2, 0.25) is 0 Å². The molecule has 0 aromatic carbocycles. The Bertz CT molecular complexity index is 244. The molecule has 1 atom stereocenters. The number of aliphatic hydroxyl groups is 1. The zero-order chi connectivity index (χ0) is 11.3. The first kappa shape index (κ1) is 11.9. The number of hydrogen-bond donors (Lipinski definition) is 3. The maximum Gasteiger partial charge on any atom is 0.306 e. The first-order valence-corrected chi connectivity index (χ1v) is 4.97. The van der Waals surface area contributed by atoms with E-state index in [1.54, 1.807) is 4.90 Å². The monoisotopic (exact) mass is 216 g/mol. The molecule has 1 rings (SSSR count). The molecule has 0 aromatic rings. The molecule has 15 heavy (non-hydrogen) atoms. The Morgan fingerprint density at radius 3 is 3.00 bits per heavy atom. The third-order valence-electron chi connectivity index (χ3n) is 2.22. The van der Waals surface area contributed by atoms with Gasteiger partial charge in [-0.1, -0.05) is 0 Å². The average Bonchev–Trinajstić information content (AvgIpc) is 2.28. The number of aliphatic hydroxyl groups excluding tert-OH is 1. The van der Waals surface area contributed by atoms with Crippen LogP contribution in [-0.2, 0) is 9.59 Å². The second-order valence-corrected chi connectivity index (χ2v) is 3.69. The summed E-state index contributed by atoms with van der Waals surface area (Å²) in [5, 5.41) is 20.6. The lowest BCUT2D eigenvalue weighted by molar-refractivity contribution is -0.139. The van der Waals surface area contributed by atoms with Crippen molar-refractivity contribution in [3.63, 3.8) is 0 Å². The van der Waals surface area contributed by atoms with Crippen molar-refractivity contribution < 1.29 is 19.8 Å². The minimum atomic E-state index is -1.03. The zero-order valence-corrected chi connectivity index (χ0v) is 8.48. The van der Waals surface area contributed by atoms with E-state index < -0.39 is 12.1 Å². The fraction of sp³-hybridized carbons (Fsp3) is 0.778. The van der Waals surface area contributed by atoms with E-state index in [0.29, 0.717) is 13.1 Å². The van der Waals surface area contributed by atoms with Gasteiger partial charge in [0.15, 0.2) is 0 Å². The molecule has 1 amide bonds. The van der Waals surface area contributed by atoms with Crippen molar-refractivity contribution in [3.05, 3.63) is 0 Å². The molecule has 1 fully saturated rings. The first-order valence-electron chi connectivity index (χ1n) is 4.97. The van der Waals surface area contributed by atoms with Crippen molar-refractivity contribution in [1.82, 2.24) is 10.2 Å². The third-order valence-corrected chi connectivity index (χ3v) is 2.22. The average molecular weight is 216 g/mol. The smallest absolute Gasteiger partial charge is 0.306 e. The zero-order valence-electron chi connectivity index (χ0n) is 8.48. The fourth-order valence-corrected chi connectivity index (χ4v) is 1.59. The van der Waals surface area contributed by atoms with Crippen molar-refractivity contribution in [3.8, 4) is 0 Å². The lowest BCUT2D eigenvalue weighted by Crippen LogP contribution is -2.38. The molecule has 0 radical (unpaired) electrons. The van der Waals surface area contributed by atoms with E-state index in [-0.39, 0.29) is 25.4 Å². The number of β-amino-alcohol motifs (C(OH)–C–C–N with tert-alkyl or cyclic N) is 1. The van der Waals surface area contributed by atoms with Crippen molar-refractivity contribution in [2.75, 3.05) is 26.2 Å². The van der Waals surface area contributed by atoms with Gasteiger partial charge in [0.05, 0.1) is 19.1 Å². The van der Waals surface area contributed by atoms with Gasteiger partial charge in [-0.2, -0.15) is 0 Å². The fourth-order valence-electron chi connectivity index (χ4n) is 1.59. The normalized spacial score (nSPS) is 20.5. The largest absolute Gasteiger partial charge is 0.481 e. The maximum absolute atomic E-state index is 11.1. The van der Waals surface area contributed by atoms with Crippen LogP contribution >= 0.6 is 0 Å². The van der Waals surface area contributed by atoms with Gasteiger partial charge in [-0.15, -0.1) is 0 Å². The highest BCUT2D eigenvalue weighted by Crippen LogP contribution is 2.00. The maximum atomic E-state index is 11.1. The number of rotatable bonds is 4. The van der Waals surface area contributed by atoms with Gasteiger partial charge in [0.25, 0.3) is 0 Å². The van der Waals surface area contributed by atoms with E-state index >= 15 is 0 Å². The summed E-state index contributed by atoms with van der Waals surface area (Å²) in [6.07, 6.45) is -0.364. The van der Waals surface area contributed by atoms with Crippen LogP contribution in [0.15, 0.2) is 0 Å². The molecule has 1 saturated heterocycles. The van der Waals surface area contributed by atoms with Gasteiger partial charge in [0, 0.05) is 19.6 Å². The number of hydrogen-bond acceptors (Lipinski definition) is 4. The van der Waals surface area contributed by atoms with E-state index in [1.165, 1.54) is 0 Å². The van der Waals surface area contributed by atoms with Crippen LogP contribution in [0.5, 0.6) is 0 Å². The predicted molar refractivity (Wildman–Crippen MR) is 52.3 cm³/mol. The molecule has 86 valence electrons. The van der Waals surface area contributed by atoms with E-state index in [9.17, 15) is 14.7 Å². The van der Waals surface area contributed by atoms with E-state index in [1.807, 2.05) is 0 Å². The third kappa shape index (κ3) is 4.75. The quantitative estimate of drug-likeness (QED) is 0.540. The van der Waals surface area contributed by atoms with Crippen LogP contribution in [0.25, 0.3) is 0 Å². The van der Waals surface area contributed by atoms with Crippen molar-refractivity contribution >= 4 is 11.9 Å². The molecule has 0 aromatic heterocycles. The van der Waals surface area contributed by atoms with E-state index in [4.69, 9.17) is 5.11 Å². The van der Waals surface area contributed by atoms with Crippen LogP contribution in [0.4, 0.5) is 0 Å². The van der Waals surface area contributed by atoms with E-state index in [2.05, 4.69) is 5.32 Å². The molecule has 3 N–H and O–H groups in total. The Labute approximate surface area is 87.9 Å². The van der Waals surface area contributed by atoms with E-state index in [0.717, 1.165) is 6.42 Å². The lowest BCUT2D eigenvalue weighted by atomic mass is 10.2. The van der Waals surface area contributed by atoms with Crippen LogP contribution in [0.3, 0.4) is 0 Å². The molecule has 6 nitrogen and oxygen atoms in total. The molecule has 0 saturated carbocycles. The number of nitrogens with one attached hydrogen (secondary N) is 1. The Morgan fingerprint density at radius 2 is 2.33 bits per heavy atom. The molecule has 1 aliphatic heterocycles. The summed E-state index contributed by atoms with van der Waals surface area (Å²) >= 11 is 0. The topological polar surface area (TPSA) is 89.9 Å². The summed E-state index contributed by atoms with van der Waals surface area (Å²) in [5.74, 6) is -1.10. The lowest BCUT2D eigenvalue weighted by Gasteiger charge is -2.20. The van der Waals surface area contributed by atoms with Gasteiger partial charge in [0.2, 0.25) is 5.91 Å². The highest BCUT2D eigenvalue weighted by atomic mass is 16.4. The van der Waals surface area contributed by atoms with Crippen molar-refractivity contribution in [2.24, 2.45) is 0 Å². The SMILES string of the molecule is O=C(O)CC(O)CN1CCCNC(=O)C1. The van der Waals surface area contributed by atoms with Gasteiger partial charge in [-0.05, 0) is 6.42 Å². The molecule has 0 spiro atoms. The second-order valence-electron chi connectivity index (χ2n) is 3.69. The summed E-state index contributed by atoms with van der Waals surface area (Å²) in [4.78, 5) is 23.2. The second kappa shape index (κ2) is 5.67. The molecule has 0 bridgehead atoms. The van der Waals surface area contributed by atoms with Gasteiger partial charge in [-0.25, -0.2) is 0 Å². The number of aliphatic carboxylic acids is 1. The predicted octanol–water partition coefficient (Wildman–Crippen LogP) is -1.36. The Kier molecular flexibility index (Phi) is 4.51. The number of carbonyl (C=O) groups is 2. The van der Waals surface area contributed by atoms with Gasteiger partial charge >= 0.3 is 5.97 Å². The van der Waals surface area contributed by atoms with Crippen LogP contribution in [0.1, 0.15) is 12.8 Å². The van der Waals surface area contributed by atoms with Crippen LogP contribution in [-0.4, -0.2) is 59.3 Å². The van der Waals surface area contributed by atoms with Crippen LogP contribution in [0, 0.1) is 0 Å². The number of nitrogens with zero attached hydrogens (tertiary/aromatic N) is 1. The molecule has 1 aliphatic rings. The Morgan fingerprint density at radius 1 is 1.60 bits per heavy atom. The minimum Gasteiger partial charge on any atom is -0.481 e. The van der Waals surface area contributed by atoms with Crippen LogP contribution < -0.4 is 5.32 Å². The molecule has 0 aliphatic carbocycles. The Hall–Kier alpha value is -1.14. The van der Waals surface area contributed by atoms with Gasteiger partial charge in [-0.3, -0.25) is 14.5 Å². The van der Waals surface area contributed by atoms with Gasteiger partial charge < -0.3 is 15.5 Å². The summed E-state index contributed by atoms with van der Waals surface area (Å²) in [5.41, 5.74) is 0. The summed E-state index contributed by atoms with van der Waals surface area (Å²) < 4.78 is 0. The van der Waals surface area contributed by atoms with Crippen molar-refractivity contribution in [2.45, 2.75) is 18.9 Å². The first-order chi connectivity index (χ1) is 7.08. The highest BCUT2D eigenvalue weighted by Gasteiger charge is 2.18. The standard InChI is InChI=1S/C9H16N2O4/c12-7(4-9(14)15)5-11-3-1-2-10-8(13)6-11/h7,12H,1-6H2,(H,10,13)(H,14,15). The molecule has 6 heteroatoms. The summed E-state index contributed by atoms with van der Waals surface area (Å²) in [6, 6.07) is 0. The molecule has 1 unspecified atom stereocenters. The van der Waals surface area contributed by atoms with Gasteiger partial charge in [0.1, 0.15) is 0 Å². The number of amides is 1. The number of carboxylic acid groups (broad SMARTS) is 1. The number of carboxylic acids is 1. The Balaban J connectivity index is 2.35. The molecule has 1 heterocycles. The number of carbonyl (C=O) groups excluding carboxylic acids is 1. The summed E-state index contributed by atoms with van der Waals surface area (Å²) in [6.45, 7) is 1.82. The van der Waals surface area contributed by atoms with Crippen molar-refractivity contribution in [1.29, 1.82) is 0 Å². The molecular formula is C9H16N2O4. The summed E-state index contributed by atoms with van der Waals surface area (Å²) in [7, 11) is 0. The molecular weight excluding hydrogens is 200 g/mol. The minimum absolute atomic E-state index is 0.0741. The highest BCUT2D eigenvalue weighted by molar-refractivity contribution is 5.78.